The second kappa shape index (κ2) is 5.29. The molecule has 1 aromatic carbocycles. The van der Waals surface area contributed by atoms with Gasteiger partial charge >= 0.3 is 6.03 Å². The topological polar surface area (TPSA) is 62.3 Å². The van der Waals surface area contributed by atoms with Gasteiger partial charge in [-0.05, 0) is 18.6 Å². The van der Waals surface area contributed by atoms with Crippen LogP contribution in [0.2, 0.25) is 0 Å². The summed E-state index contributed by atoms with van der Waals surface area (Å²) in [5, 5.41) is 0. The van der Waals surface area contributed by atoms with Gasteiger partial charge in [0.2, 0.25) is 12.7 Å². The molecule has 0 aliphatic carbocycles. The highest BCUT2D eigenvalue weighted by molar-refractivity contribution is 5.97. The Morgan fingerprint density at radius 1 is 1.21 bits per heavy atom. The van der Waals surface area contributed by atoms with Crippen LogP contribution in [0.15, 0.2) is 18.2 Å². The Morgan fingerprint density at radius 3 is 2.79 bits per heavy atom. The van der Waals surface area contributed by atoms with Crippen LogP contribution in [-0.2, 0) is 4.79 Å². The zero-order chi connectivity index (χ0) is 16.9. The van der Waals surface area contributed by atoms with Gasteiger partial charge in [0.05, 0.1) is 0 Å². The molecule has 1 atom stereocenters. The van der Waals surface area contributed by atoms with Crippen LogP contribution >= 0.6 is 0 Å². The number of urea groups is 1. The summed E-state index contributed by atoms with van der Waals surface area (Å²) < 4.78 is 10.7. The molecule has 3 amide bonds. The molecule has 0 saturated carbocycles. The Hall–Kier alpha value is -2.44. The lowest BCUT2D eigenvalue weighted by Gasteiger charge is -2.25. The predicted molar refractivity (Wildman–Crippen MR) is 87.2 cm³/mol. The van der Waals surface area contributed by atoms with Crippen molar-refractivity contribution in [1.82, 2.24) is 9.80 Å². The second-order valence-electron chi connectivity index (χ2n) is 7.04. The molecule has 7 heteroatoms. The fourth-order valence-corrected chi connectivity index (χ4v) is 3.84. The van der Waals surface area contributed by atoms with E-state index in [9.17, 15) is 9.59 Å². The maximum absolute atomic E-state index is 12.6. The quantitative estimate of drug-likeness (QED) is 0.783. The van der Waals surface area contributed by atoms with Crippen LogP contribution in [0.4, 0.5) is 10.5 Å². The number of likely N-dealkylation sites (tertiary alicyclic amines) is 1. The third-order valence-corrected chi connectivity index (χ3v) is 5.08. The number of ether oxygens (including phenoxy) is 2. The van der Waals surface area contributed by atoms with E-state index in [1.165, 1.54) is 0 Å². The van der Waals surface area contributed by atoms with E-state index >= 15 is 0 Å². The van der Waals surface area contributed by atoms with Crippen LogP contribution in [0.1, 0.15) is 12.8 Å². The first-order valence-corrected chi connectivity index (χ1v) is 8.14. The van der Waals surface area contributed by atoms with E-state index < -0.39 is 0 Å². The smallest absolute Gasteiger partial charge is 0.319 e. The molecule has 4 rings (SSSR count). The molecule has 0 radical (unpaired) electrons. The van der Waals surface area contributed by atoms with Gasteiger partial charge in [-0.3, -0.25) is 4.79 Å². The highest BCUT2D eigenvalue weighted by Gasteiger charge is 2.49. The van der Waals surface area contributed by atoms with Gasteiger partial charge < -0.3 is 24.2 Å². The molecule has 24 heavy (non-hydrogen) atoms. The first-order chi connectivity index (χ1) is 11.5. The lowest BCUT2D eigenvalue weighted by molar-refractivity contribution is -0.117. The van der Waals surface area contributed by atoms with E-state index in [1.54, 1.807) is 19.0 Å². The molecule has 1 spiro atoms. The van der Waals surface area contributed by atoms with Gasteiger partial charge in [0.15, 0.2) is 11.5 Å². The number of benzene rings is 1. The van der Waals surface area contributed by atoms with Crippen LogP contribution in [0.25, 0.3) is 0 Å². The van der Waals surface area contributed by atoms with Crippen LogP contribution in [0.5, 0.6) is 11.5 Å². The monoisotopic (exact) mass is 331 g/mol. The molecule has 2 fully saturated rings. The summed E-state index contributed by atoms with van der Waals surface area (Å²) in [4.78, 5) is 30.0. The number of nitrogens with zero attached hydrogens (tertiary/aromatic N) is 3. The van der Waals surface area contributed by atoms with Crippen LogP contribution in [0.3, 0.4) is 0 Å². The Labute approximate surface area is 140 Å². The summed E-state index contributed by atoms with van der Waals surface area (Å²) in [6, 6.07) is 5.60. The molecule has 128 valence electrons. The zero-order valence-corrected chi connectivity index (χ0v) is 13.9. The molecule has 1 aromatic rings. The molecule has 0 bridgehead atoms. The van der Waals surface area contributed by atoms with Gasteiger partial charge in [-0.2, -0.15) is 0 Å². The fourth-order valence-electron chi connectivity index (χ4n) is 3.84. The average molecular weight is 331 g/mol. The van der Waals surface area contributed by atoms with Crippen molar-refractivity contribution in [3.05, 3.63) is 18.2 Å². The molecule has 1 unspecified atom stereocenters. The number of hydrogen-bond acceptors (Lipinski definition) is 4. The van der Waals surface area contributed by atoms with E-state index in [0.29, 0.717) is 37.6 Å². The molecule has 3 aliphatic heterocycles. The number of amides is 3. The lowest BCUT2D eigenvalue weighted by Crippen LogP contribution is -2.39. The molecular weight excluding hydrogens is 310 g/mol. The van der Waals surface area contributed by atoms with Crippen molar-refractivity contribution in [3.8, 4) is 11.5 Å². The van der Waals surface area contributed by atoms with Crippen molar-refractivity contribution < 1.29 is 19.1 Å². The first-order valence-electron chi connectivity index (χ1n) is 8.14. The lowest BCUT2D eigenvalue weighted by atomic mass is 9.86. The normalized spacial score (nSPS) is 25.0. The van der Waals surface area contributed by atoms with Gasteiger partial charge in [0.1, 0.15) is 0 Å². The summed E-state index contributed by atoms with van der Waals surface area (Å²) in [7, 11) is 3.51. The van der Waals surface area contributed by atoms with E-state index in [2.05, 4.69) is 0 Å². The van der Waals surface area contributed by atoms with Crippen molar-refractivity contribution in [1.29, 1.82) is 0 Å². The van der Waals surface area contributed by atoms with E-state index in [0.717, 1.165) is 12.1 Å². The number of anilines is 1. The predicted octanol–water partition coefficient (Wildman–Crippen LogP) is 1.53. The summed E-state index contributed by atoms with van der Waals surface area (Å²) >= 11 is 0. The van der Waals surface area contributed by atoms with Crippen molar-refractivity contribution in [2.45, 2.75) is 12.8 Å². The molecular formula is C17H21N3O4. The zero-order valence-electron chi connectivity index (χ0n) is 13.9. The van der Waals surface area contributed by atoms with Gasteiger partial charge in [-0.1, -0.05) is 0 Å². The van der Waals surface area contributed by atoms with Gasteiger partial charge in [-0.25, -0.2) is 4.79 Å². The van der Waals surface area contributed by atoms with Crippen LogP contribution in [0, 0.1) is 5.41 Å². The summed E-state index contributed by atoms with van der Waals surface area (Å²) in [6.45, 7) is 2.21. The van der Waals surface area contributed by atoms with Gasteiger partial charge in [0, 0.05) is 57.3 Å². The third kappa shape index (κ3) is 2.35. The molecule has 0 aromatic heterocycles. The Balaban J connectivity index is 1.52. The van der Waals surface area contributed by atoms with Crippen LogP contribution in [-0.4, -0.2) is 62.3 Å². The number of hydrogen-bond donors (Lipinski definition) is 0. The van der Waals surface area contributed by atoms with E-state index in [-0.39, 0.29) is 24.1 Å². The minimum absolute atomic E-state index is 0.0147. The highest BCUT2D eigenvalue weighted by atomic mass is 16.7. The average Bonchev–Trinajstić information content (AvgIpc) is 3.25. The van der Waals surface area contributed by atoms with Crippen molar-refractivity contribution in [3.63, 3.8) is 0 Å². The number of rotatable bonds is 1. The van der Waals surface area contributed by atoms with Crippen LogP contribution < -0.4 is 14.4 Å². The second-order valence-corrected chi connectivity index (χ2v) is 7.04. The Bertz CT molecular complexity index is 705. The number of carbonyl (C=O) groups excluding carboxylic acids is 2. The summed E-state index contributed by atoms with van der Waals surface area (Å²) in [6.07, 6.45) is 1.35. The van der Waals surface area contributed by atoms with Crippen molar-refractivity contribution in [2.75, 3.05) is 45.4 Å². The summed E-state index contributed by atoms with van der Waals surface area (Å²) in [5.74, 6) is 1.49. The third-order valence-electron chi connectivity index (χ3n) is 5.08. The minimum Gasteiger partial charge on any atom is -0.454 e. The first kappa shape index (κ1) is 15.1. The van der Waals surface area contributed by atoms with Gasteiger partial charge in [-0.15, -0.1) is 0 Å². The largest absolute Gasteiger partial charge is 0.454 e. The minimum atomic E-state index is -0.140. The molecule has 2 saturated heterocycles. The Kier molecular flexibility index (Phi) is 3.33. The molecule has 0 N–H and O–H groups in total. The standard InChI is InChI=1S/C17H21N3O4/c1-18(2)16(22)19-6-5-17(9-19)8-15(21)20(10-17)12-3-4-13-14(7-12)24-11-23-13/h3-4,7H,5-6,8-11H2,1-2H3. The highest BCUT2D eigenvalue weighted by Crippen LogP contribution is 2.44. The fraction of sp³-hybridized carbons (Fsp3) is 0.529. The number of carbonyl (C=O) groups is 2. The van der Waals surface area contributed by atoms with Gasteiger partial charge in [0.25, 0.3) is 0 Å². The van der Waals surface area contributed by atoms with Crippen molar-refractivity contribution >= 4 is 17.6 Å². The maximum Gasteiger partial charge on any atom is 0.319 e. The molecule has 3 aliphatic rings. The molecule has 3 heterocycles. The maximum atomic E-state index is 12.6. The Morgan fingerprint density at radius 2 is 2.00 bits per heavy atom. The number of fused-ring (bicyclic) bond motifs is 1. The van der Waals surface area contributed by atoms with E-state index in [1.807, 2.05) is 28.0 Å². The summed E-state index contributed by atoms with van der Waals surface area (Å²) in [5.41, 5.74) is 0.692. The van der Waals surface area contributed by atoms with Crippen molar-refractivity contribution in [2.24, 2.45) is 5.41 Å². The van der Waals surface area contributed by atoms with E-state index in [4.69, 9.17) is 9.47 Å². The molecule has 7 nitrogen and oxygen atoms in total. The SMILES string of the molecule is CN(C)C(=O)N1CCC2(CC(=O)N(c3ccc4c(c3)OCO4)C2)C1.